The van der Waals surface area contributed by atoms with Gasteiger partial charge in [-0.1, -0.05) is 11.6 Å². The summed E-state index contributed by atoms with van der Waals surface area (Å²) < 4.78 is 0. The highest BCUT2D eigenvalue weighted by molar-refractivity contribution is 6.31. The smallest absolute Gasteiger partial charge is 0.325 e. The molecule has 2 rings (SSSR count). The molecule has 0 amide bonds. The van der Waals surface area contributed by atoms with Crippen molar-refractivity contribution in [2.24, 2.45) is 0 Å². The number of aromatic nitrogens is 1. The molecule has 0 aliphatic rings. The minimum absolute atomic E-state index is 0.605. The molecule has 0 spiro atoms. The van der Waals surface area contributed by atoms with Crippen LogP contribution in [0.5, 0.6) is 0 Å². The molecule has 0 bridgehead atoms. The Hall–Kier alpha value is -1.81. The van der Waals surface area contributed by atoms with Crippen LogP contribution in [-0.2, 0) is 4.79 Å². The van der Waals surface area contributed by atoms with Crippen LogP contribution in [0.4, 0.5) is 5.69 Å². The number of nitrogens with zero attached hydrogens (tertiary/aromatic N) is 1. The minimum Gasteiger partial charge on any atom is -0.480 e. The molecule has 0 aliphatic heterocycles. The standard InChI is InChI=1S/C12H11ClN2O2/c1-7(12(16)17)15-10-4-5-14-11-6-8(13)2-3-9(10)11/h2-7H,1H3,(H,14,15)(H,16,17)/t7-/m0/s1. The van der Waals surface area contributed by atoms with Crippen LogP contribution in [0.15, 0.2) is 30.5 Å². The van der Waals surface area contributed by atoms with Gasteiger partial charge in [-0.2, -0.15) is 0 Å². The maximum absolute atomic E-state index is 10.8. The van der Waals surface area contributed by atoms with Crippen LogP contribution in [0.1, 0.15) is 6.92 Å². The number of benzene rings is 1. The predicted octanol–water partition coefficient (Wildman–Crippen LogP) is 2.77. The fourth-order valence-electron chi connectivity index (χ4n) is 1.54. The van der Waals surface area contributed by atoms with Crippen LogP contribution in [0.25, 0.3) is 10.9 Å². The molecule has 1 aromatic carbocycles. The molecule has 88 valence electrons. The Labute approximate surface area is 103 Å². The largest absolute Gasteiger partial charge is 0.480 e. The number of carbonyl (C=O) groups is 1. The van der Waals surface area contributed by atoms with Crippen LogP contribution in [0.3, 0.4) is 0 Å². The van der Waals surface area contributed by atoms with E-state index in [1.54, 1.807) is 31.3 Å². The van der Waals surface area contributed by atoms with Crippen molar-refractivity contribution < 1.29 is 9.90 Å². The van der Waals surface area contributed by atoms with Gasteiger partial charge in [0.05, 0.1) is 5.52 Å². The van der Waals surface area contributed by atoms with Crippen molar-refractivity contribution in [3.05, 3.63) is 35.5 Å². The summed E-state index contributed by atoms with van der Waals surface area (Å²) in [6.07, 6.45) is 1.62. The van der Waals surface area contributed by atoms with Crippen molar-refractivity contribution in [2.45, 2.75) is 13.0 Å². The summed E-state index contributed by atoms with van der Waals surface area (Å²) in [5, 5.41) is 13.2. The van der Waals surface area contributed by atoms with E-state index in [2.05, 4.69) is 10.3 Å². The Morgan fingerprint density at radius 3 is 2.94 bits per heavy atom. The van der Waals surface area contributed by atoms with E-state index < -0.39 is 12.0 Å². The molecule has 1 atom stereocenters. The lowest BCUT2D eigenvalue weighted by atomic mass is 10.1. The van der Waals surface area contributed by atoms with Crippen LogP contribution in [0.2, 0.25) is 5.02 Å². The van der Waals surface area contributed by atoms with Gasteiger partial charge >= 0.3 is 5.97 Å². The average Bonchev–Trinajstić information content (AvgIpc) is 2.28. The van der Waals surface area contributed by atoms with E-state index in [0.29, 0.717) is 5.02 Å². The van der Waals surface area contributed by atoms with Gasteiger partial charge in [0.2, 0.25) is 0 Å². The van der Waals surface area contributed by atoms with Gasteiger partial charge in [-0.25, -0.2) is 0 Å². The molecular weight excluding hydrogens is 240 g/mol. The Balaban J connectivity index is 2.44. The van der Waals surface area contributed by atoms with E-state index in [-0.39, 0.29) is 0 Å². The summed E-state index contributed by atoms with van der Waals surface area (Å²) in [5.74, 6) is -0.899. The van der Waals surface area contributed by atoms with Crippen molar-refractivity contribution in [1.82, 2.24) is 4.98 Å². The van der Waals surface area contributed by atoms with Crippen LogP contribution in [-0.4, -0.2) is 22.1 Å². The number of anilines is 1. The van der Waals surface area contributed by atoms with Gasteiger partial charge in [0.15, 0.2) is 0 Å². The molecule has 5 heteroatoms. The SMILES string of the molecule is C[C@H](Nc1ccnc2cc(Cl)ccc12)C(=O)O. The number of nitrogens with one attached hydrogen (secondary N) is 1. The lowest BCUT2D eigenvalue weighted by Crippen LogP contribution is -2.25. The third-order valence-electron chi connectivity index (χ3n) is 2.45. The number of hydrogen-bond donors (Lipinski definition) is 2. The normalized spacial score (nSPS) is 12.4. The zero-order chi connectivity index (χ0) is 12.4. The first-order valence-electron chi connectivity index (χ1n) is 5.11. The van der Waals surface area contributed by atoms with E-state index in [1.165, 1.54) is 0 Å². The van der Waals surface area contributed by atoms with Crippen molar-refractivity contribution in [3.63, 3.8) is 0 Å². The molecule has 0 fully saturated rings. The van der Waals surface area contributed by atoms with Crippen LogP contribution < -0.4 is 5.32 Å². The number of hydrogen-bond acceptors (Lipinski definition) is 3. The first-order valence-corrected chi connectivity index (χ1v) is 5.49. The fourth-order valence-corrected chi connectivity index (χ4v) is 1.71. The molecular formula is C12H11ClN2O2. The second-order valence-electron chi connectivity index (χ2n) is 3.72. The van der Waals surface area contributed by atoms with E-state index in [0.717, 1.165) is 16.6 Å². The Morgan fingerprint density at radius 1 is 1.47 bits per heavy atom. The van der Waals surface area contributed by atoms with Gasteiger partial charge in [-0.3, -0.25) is 9.78 Å². The van der Waals surface area contributed by atoms with E-state index in [1.807, 2.05) is 6.07 Å². The summed E-state index contributed by atoms with van der Waals surface area (Å²) in [4.78, 5) is 15.0. The number of carboxylic acid groups (broad SMARTS) is 1. The molecule has 1 aromatic heterocycles. The second-order valence-corrected chi connectivity index (χ2v) is 4.16. The highest BCUT2D eigenvalue weighted by Gasteiger charge is 2.11. The molecule has 2 aromatic rings. The molecule has 0 saturated carbocycles. The molecule has 17 heavy (non-hydrogen) atoms. The zero-order valence-corrected chi connectivity index (χ0v) is 9.90. The average molecular weight is 251 g/mol. The molecule has 0 saturated heterocycles. The number of rotatable bonds is 3. The number of carboxylic acids is 1. The molecule has 0 radical (unpaired) electrons. The third-order valence-corrected chi connectivity index (χ3v) is 2.68. The van der Waals surface area contributed by atoms with Gasteiger partial charge < -0.3 is 10.4 Å². The van der Waals surface area contributed by atoms with Crippen molar-refractivity contribution in [3.8, 4) is 0 Å². The summed E-state index contributed by atoms with van der Waals surface area (Å²) in [5.41, 5.74) is 1.47. The van der Waals surface area contributed by atoms with Crippen molar-refractivity contribution >= 4 is 34.2 Å². The summed E-state index contributed by atoms with van der Waals surface area (Å²) in [6.45, 7) is 1.59. The van der Waals surface area contributed by atoms with Gasteiger partial charge in [-0.15, -0.1) is 0 Å². The Bertz CT molecular complexity index is 571. The first kappa shape index (κ1) is 11.7. The maximum Gasteiger partial charge on any atom is 0.325 e. The second kappa shape index (κ2) is 4.59. The van der Waals surface area contributed by atoms with E-state index in [4.69, 9.17) is 16.7 Å². The highest BCUT2D eigenvalue weighted by Crippen LogP contribution is 2.24. The summed E-state index contributed by atoms with van der Waals surface area (Å²) >= 11 is 5.87. The number of aliphatic carboxylic acids is 1. The van der Waals surface area contributed by atoms with Gasteiger partial charge in [-0.05, 0) is 31.2 Å². The van der Waals surface area contributed by atoms with E-state index >= 15 is 0 Å². The maximum atomic E-state index is 10.8. The van der Waals surface area contributed by atoms with Gasteiger partial charge in [0.1, 0.15) is 6.04 Å². The Morgan fingerprint density at radius 2 is 2.24 bits per heavy atom. The Kier molecular flexibility index (Phi) is 3.15. The topological polar surface area (TPSA) is 62.2 Å². The minimum atomic E-state index is -0.899. The van der Waals surface area contributed by atoms with Gasteiger partial charge in [0, 0.05) is 22.3 Å². The fraction of sp³-hybridized carbons (Fsp3) is 0.167. The quantitative estimate of drug-likeness (QED) is 0.879. The molecule has 0 unspecified atom stereocenters. The number of halogens is 1. The number of fused-ring (bicyclic) bond motifs is 1. The lowest BCUT2D eigenvalue weighted by Gasteiger charge is -2.12. The molecule has 2 N–H and O–H groups in total. The first-order chi connectivity index (χ1) is 8.08. The lowest BCUT2D eigenvalue weighted by molar-refractivity contribution is -0.137. The predicted molar refractivity (Wildman–Crippen MR) is 67.5 cm³/mol. The monoisotopic (exact) mass is 250 g/mol. The van der Waals surface area contributed by atoms with E-state index in [9.17, 15) is 4.79 Å². The molecule has 0 aliphatic carbocycles. The number of pyridine rings is 1. The van der Waals surface area contributed by atoms with Crippen molar-refractivity contribution in [2.75, 3.05) is 5.32 Å². The van der Waals surface area contributed by atoms with Crippen LogP contribution >= 0.6 is 11.6 Å². The van der Waals surface area contributed by atoms with Crippen molar-refractivity contribution in [1.29, 1.82) is 0 Å². The van der Waals surface area contributed by atoms with Crippen LogP contribution in [0, 0.1) is 0 Å². The summed E-state index contributed by atoms with van der Waals surface area (Å²) in [7, 11) is 0. The summed E-state index contributed by atoms with van der Waals surface area (Å²) in [6, 6.07) is 6.41. The molecule has 1 heterocycles. The third kappa shape index (κ3) is 2.47. The zero-order valence-electron chi connectivity index (χ0n) is 9.14. The highest BCUT2D eigenvalue weighted by atomic mass is 35.5. The molecule has 4 nitrogen and oxygen atoms in total. The van der Waals surface area contributed by atoms with Gasteiger partial charge in [0.25, 0.3) is 0 Å².